The maximum Gasteiger partial charge on any atom is 0.0705 e. The highest BCUT2D eigenvalue weighted by atomic mass is 15.2. The molecular formula is C16H21N3. The Balaban J connectivity index is 1.77. The Morgan fingerprint density at radius 1 is 1.26 bits per heavy atom. The molecule has 1 fully saturated rings. The molecule has 1 aliphatic rings. The highest BCUT2D eigenvalue weighted by Gasteiger charge is 2.41. The molecule has 1 aromatic heterocycles. The van der Waals surface area contributed by atoms with Gasteiger partial charge in [0.2, 0.25) is 0 Å². The molecule has 0 aliphatic carbocycles. The fourth-order valence-corrected chi connectivity index (χ4v) is 2.80. The van der Waals surface area contributed by atoms with Crippen molar-refractivity contribution >= 4 is 10.9 Å². The van der Waals surface area contributed by atoms with Gasteiger partial charge in [0.1, 0.15) is 0 Å². The summed E-state index contributed by atoms with van der Waals surface area (Å²) in [5.74, 6) is 0.540. The van der Waals surface area contributed by atoms with Gasteiger partial charge in [-0.3, -0.25) is 9.88 Å². The number of nitrogens with zero attached hydrogens (tertiary/aromatic N) is 2. The molecule has 3 nitrogen and oxygen atoms in total. The molecule has 0 spiro atoms. The second-order valence-electron chi connectivity index (χ2n) is 6.02. The first kappa shape index (κ1) is 12.6. The summed E-state index contributed by atoms with van der Waals surface area (Å²) in [5, 5.41) is 1.25. The smallest absolute Gasteiger partial charge is 0.0705 e. The summed E-state index contributed by atoms with van der Waals surface area (Å²) >= 11 is 0. The van der Waals surface area contributed by atoms with Gasteiger partial charge in [0.15, 0.2) is 0 Å². The average Bonchev–Trinajstić information content (AvgIpc) is 2.37. The zero-order valence-corrected chi connectivity index (χ0v) is 11.6. The first-order chi connectivity index (χ1) is 9.08. The van der Waals surface area contributed by atoms with Crippen molar-refractivity contribution < 1.29 is 0 Å². The van der Waals surface area contributed by atoms with E-state index in [-0.39, 0.29) is 5.54 Å². The minimum atomic E-state index is 0.00281. The maximum absolute atomic E-state index is 6.35. The predicted octanol–water partition coefficient (Wildman–Crippen LogP) is 2.40. The number of nitrogens with two attached hydrogens (primary N) is 1. The highest BCUT2D eigenvalue weighted by Crippen LogP contribution is 2.28. The molecule has 100 valence electrons. The van der Waals surface area contributed by atoms with E-state index >= 15 is 0 Å². The molecule has 19 heavy (non-hydrogen) atoms. The van der Waals surface area contributed by atoms with Crippen molar-refractivity contribution in [2.45, 2.75) is 25.9 Å². The lowest BCUT2D eigenvalue weighted by Crippen LogP contribution is -2.69. The largest absolute Gasteiger partial charge is 0.323 e. The third kappa shape index (κ3) is 2.24. The quantitative estimate of drug-likeness (QED) is 0.915. The summed E-state index contributed by atoms with van der Waals surface area (Å²) in [7, 11) is 0. The molecule has 1 aliphatic heterocycles. The molecule has 3 heteroatoms. The van der Waals surface area contributed by atoms with Crippen LogP contribution in [0.15, 0.2) is 36.5 Å². The summed E-state index contributed by atoms with van der Waals surface area (Å²) in [6, 6.07) is 10.4. The van der Waals surface area contributed by atoms with E-state index < -0.39 is 0 Å². The van der Waals surface area contributed by atoms with Crippen LogP contribution in [0.3, 0.4) is 0 Å². The molecule has 0 bridgehead atoms. The maximum atomic E-state index is 6.35. The van der Waals surface area contributed by atoms with E-state index in [1.807, 2.05) is 12.3 Å². The molecule has 1 saturated heterocycles. The molecule has 1 aromatic carbocycles. The zero-order chi connectivity index (χ0) is 13.5. The molecule has 2 heterocycles. The van der Waals surface area contributed by atoms with Gasteiger partial charge < -0.3 is 5.73 Å². The fourth-order valence-electron chi connectivity index (χ4n) is 2.80. The van der Waals surface area contributed by atoms with Gasteiger partial charge in [-0.1, -0.05) is 32.0 Å². The van der Waals surface area contributed by atoms with E-state index in [9.17, 15) is 0 Å². The first-order valence-electron chi connectivity index (χ1n) is 6.92. The van der Waals surface area contributed by atoms with Crippen molar-refractivity contribution in [2.75, 3.05) is 13.1 Å². The molecule has 0 saturated carbocycles. The molecule has 2 N–H and O–H groups in total. The van der Waals surface area contributed by atoms with Gasteiger partial charge in [0.25, 0.3) is 0 Å². The lowest BCUT2D eigenvalue weighted by molar-refractivity contribution is 0.0316. The minimum absolute atomic E-state index is 0.00281. The Bertz CT molecular complexity index is 580. The van der Waals surface area contributed by atoms with Crippen LogP contribution < -0.4 is 5.73 Å². The topological polar surface area (TPSA) is 42.1 Å². The van der Waals surface area contributed by atoms with Gasteiger partial charge in [-0.25, -0.2) is 0 Å². The van der Waals surface area contributed by atoms with Gasteiger partial charge >= 0.3 is 0 Å². The minimum Gasteiger partial charge on any atom is -0.323 e. The lowest BCUT2D eigenvalue weighted by Gasteiger charge is -2.50. The third-order valence-electron chi connectivity index (χ3n) is 4.32. The predicted molar refractivity (Wildman–Crippen MR) is 78.8 cm³/mol. The second-order valence-corrected chi connectivity index (χ2v) is 6.02. The van der Waals surface area contributed by atoms with Crippen LogP contribution in [0.2, 0.25) is 0 Å². The third-order valence-corrected chi connectivity index (χ3v) is 4.32. The highest BCUT2D eigenvalue weighted by molar-refractivity contribution is 5.81. The zero-order valence-electron chi connectivity index (χ0n) is 11.6. The number of aromatic nitrogens is 1. The number of para-hydroxylation sites is 1. The van der Waals surface area contributed by atoms with Gasteiger partial charge in [-0.15, -0.1) is 0 Å². The van der Waals surface area contributed by atoms with E-state index in [4.69, 9.17) is 5.73 Å². The molecule has 2 aromatic rings. The summed E-state index contributed by atoms with van der Waals surface area (Å²) in [4.78, 5) is 6.83. The number of likely N-dealkylation sites (tertiary alicyclic amines) is 1. The number of hydrogen-bond donors (Lipinski definition) is 1. The van der Waals surface area contributed by atoms with E-state index in [0.717, 1.165) is 25.2 Å². The number of benzene rings is 1. The lowest BCUT2D eigenvalue weighted by atomic mass is 9.80. The van der Waals surface area contributed by atoms with Crippen molar-refractivity contribution in [3.8, 4) is 0 Å². The Kier molecular flexibility index (Phi) is 3.03. The Hall–Kier alpha value is -1.45. The summed E-state index contributed by atoms with van der Waals surface area (Å²) < 4.78 is 0. The Labute approximate surface area is 114 Å². The van der Waals surface area contributed by atoms with Crippen LogP contribution in [-0.4, -0.2) is 28.5 Å². The van der Waals surface area contributed by atoms with Crippen molar-refractivity contribution in [1.82, 2.24) is 9.88 Å². The number of pyridine rings is 1. The van der Waals surface area contributed by atoms with Gasteiger partial charge in [0.05, 0.1) is 5.52 Å². The second kappa shape index (κ2) is 4.58. The van der Waals surface area contributed by atoms with Crippen LogP contribution in [0.4, 0.5) is 0 Å². The van der Waals surface area contributed by atoms with E-state index in [1.165, 1.54) is 10.9 Å². The summed E-state index contributed by atoms with van der Waals surface area (Å²) in [5.41, 5.74) is 8.77. The molecular weight excluding hydrogens is 234 g/mol. The van der Waals surface area contributed by atoms with E-state index in [1.54, 1.807) is 0 Å². The van der Waals surface area contributed by atoms with Crippen LogP contribution in [0.5, 0.6) is 0 Å². The summed E-state index contributed by atoms with van der Waals surface area (Å²) in [6.07, 6.45) is 1.90. The van der Waals surface area contributed by atoms with Crippen molar-refractivity contribution in [1.29, 1.82) is 0 Å². The molecule has 0 unspecified atom stereocenters. The van der Waals surface area contributed by atoms with Crippen LogP contribution in [-0.2, 0) is 6.54 Å². The van der Waals surface area contributed by atoms with Crippen LogP contribution in [0, 0.1) is 5.92 Å². The normalized spacial score (nSPS) is 18.7. The van der Waals surface area contributed by atoms with Crippen molar-refractivity contribution in [3.05, 3.63) is 42.1 Å². The standard InChI is InChI=1S/C16H21N3/c1-12(2)16(17)10-19(11-16)9-13-7-8-18-15-6-4-3-5-14(13)15/h3-8,12H,9-11,17H2,1-2H3. The average molecular weight is 255 g/mol. The molecule has 0 radical (unpaired) electrons. The van der Waals surface area contributed by atoms with Gasteiger partial charge in [-0.05, 0) is 23.6 Å². The van der Waals surface area contributed by atoms with Crippen LogP contribution >= 0.6 is 0 Å². The number of fused-ring (bicyclic) bond motifs is 1. The van der Waals surface area contributed by atoms with Gasteiger partial charge in [-0.2, -0.15) is 0 Å². The van der Waals surface area contributed by atoms with E-state index in [2.05, 4.69) is 48.0 Å². The Morgan fingerprint density at radius 2 is 2.00 bits per heavy atom. The first-order valence-corrected chi connectivity index (χ1v) is 6.92. The molecule has 0 amide bonds. The number of rotatable bonds is 3. The van der Waals surface area contributed by atoms with E-state index in [0.29, 0.717) is 5.92 Å². The van der Waals surface area contributed by atoms with Crippen LogP contribution in [0.25, 0.3) is 10.9 Å². The molecule has 3 rings (SSSR count). The Morgan fingerprint density at radius 3 is 2.74 bits per heavy atom. The monoisotopic (exact) mass is 255 g/mol. The summed E-state index contributed by atoms with van der Waals surface area (Å²) in [6.45, 7) is 7.36. The SMILES string of the molecule is CC(C)C1(N)CN(Cc2ccnc3ccccc23)C1. The van der Waals surface area contributed by atoms with Crippen LogP contribution in [0.1, 0.15) is 19.4 Å². The fraction of sp³-hybridized carbons (Fsp3) is 0.438. The number of hydrogen-bond acceptors (Lipinski definition) is 3. The van der Waals surface area contributed by atoms with Crippen molar-refractivity contribution in [3.63, 3.8) is 0 Å². The van der Waals surface area contributed by atoms with Crippen molar-refractivity contribution in [2.24, 2.45) is 11.7 Å². The van der Waals surface area contributed by atoms with Gasteiger partial charge in [0, 0.05) is 36.8 Å². The molecule has 0 atom stereocenters.